The fourth-order valence-corrected chi connectivity index (χ4v) is 5.98. The number of carbonyl (C=O) groups is 2. The van der Waals surface area contributed by atoms with Crippen LogP contribution in [0.15, 0.2) is 30.5 Å². The highest BCUT2D eigenvalue weighted by Crippen LogP contribution is 2.42. The standard InChI is InChI=1S/C25H26ClN3O3S/c1-15-11-16(26)12-20(24(15)32-17-5-8-27-9-6-17)19-7-10-28-21-13-18(33-25(19)21)14-29-22(30)3-2-4-23(29)31/h7,10-13,17,27H,2-6,8-9,14H2,1H3. The van der Waals surface area contributed by atoms with Crippen LogP contribution in [0.3, 0.4) is 0 Å². The first-order chi connectivity index (χ1) is 16.0. The van der Waals surface area contributed by atoms with Crippen molar-refractivity contribution in [2.75, 3.05) is 13.1 Å². The number of hydrogen-bond acceptors (Lipinski definition) is 6. The molecule has 1 aromatic carbocycles. The number of aromatic nitrogens is 1. The van der Waals surface area contributed by atoms with Crippen LogP contribution in [0.2, 0.25) is 5.02 Å². The maximum Gasteiger partial charge on any atom is 0.229 e. The van der Waals surface area contributed by atoms with Crippen LogP contribution in [0.1, 0.15) is 42.5 Å². The monoisotopic (exact) mass is 483 g/mol. The van der Waals surface area contributed by atoms with Crippen LogP contribution in [0.25, 0.3) is 21.3 Å². The molecule has 0 saturated carbocycles. The highest BCUT2D eigenvalue weighted by atomic mass is 35.5. The smallest absolute Gasteiger partial charge is 0.229 e. The van der Waals surface area contributed by atoms with Crippen LogP contribution < -0.4 is 10.1 Å². The van der Waals surface area contributed by atoms with E-state index in [0.717, 1.165) is 63.5 Å². The first-order valence-corrected chi connectivity index (χ1v) is 12.6. The van der Waals surface area contributed by atoms with Gasteiger partial charge in [-0.15, -0.1) is 11.3 Å². The average Bonchev–Trinajstić information content (AvgIpc) is 3.22. The van der Waals surface area contributed by atoms with Crippen molar-refractivity contribution < 1.29 is 14.3 Å². The molecule has 8 heteroatoms. The molecule has 0 atom stereocenters. The van der Waals surface area contributed by atoms with E-state index in [4.69, 9.17) is 16.3 Å². The van der Waals surface area contributed by atoms with Gasteiger partial charge < -0.3 is 10.1 Å². The maximum atomic E-state index is 12.3. The van der Waals surface area contributed by atoms with Crippen molar-refractivity contribution in [2.24, 2.45) is 0 Å². The molecule has 0 unspecified atom stereocenters. The van der Waals surface area contributed by atoms with Crippen LogP contribution in [-0.2, 0) is 16.1 Å². The number of likely N-dealkylation sites (tertiary alicyclic amines) is 1. The van der Waals surface area contributed by atoms with Crippen molar-refractivity contribution in [1.82, 2.24) is 15.2 Å². The summed E-state index contributed by atoms with van der Waals surface area (Å²) in [5.41, 5.74) is 3.80. The molecule has 0 bridgehead atoms. The van der Waals surface area contributed by atoms with E-state index in [2.05, 4.69) is 10.3 Å². The first-order valence-electron chi connectivity index (χ1n) is 11.4. The van der Waals surface area contributed by atoms with Crippen LogP contribution in [0.5, 0.6) is 5.75 Å². The van der Waals surface area contributed by atoms with Crippen molar-refractivity contribution in [3.63, 3.8) is 0 Å². The third kappa shape index (κ3) is 4.63. The van der Waals surface area contributed by atoms with Gasteiger partial charge in [0.25, 0.3) is 0 Å². The average molecular weight is 484 g/mol. The van der Waals surface area contributed by atoms with E-state index in [0.29, 0.717) is 30.8 Å². The van der Waals surface area contributed by atoms with Gasteiger partial charge in [0.15, 0.2) is 0 Å². The third-order valence-electron chi connectivity index (χ3n) is 6.26. The zero-order valence-electron chi connectivity index (χ0n) is 18.5. The fraction of sp³-hybridized carbons (Fsp3) is 0.400. The Balaban J connectivity index is 1.53. The number of ether oxygens (including phenoxy) is 1. The number of pyridine rings is 1. The van der Waals surface area contributed by atoms with Crippen LogP contribution in [0, 0.1) is 6.92 Å². The van der Waals surface area contributed by atoms with Gasteiger partial charge >= 0.3 is 0 Å². The summed E-state index contributed by atoms with van der Waals surface area (Å²) in [5, 5.41) is 4.04. The molecular formula is C25H26ClN3O3S. The zero-order valence-corrected chi connectivity index (χ0v) is 20.1. The Kier molecular flexibility index (Phi) is 6.36. The second kappa shape index (κ2) is 9.41. The van der Waals surface area contributed by atoms with Crippen LogP contribution >= 0.6 is 22.9 Å². The highest BCUT2D eigenvalue weighted by molar-refractivity contribution is 7.19. The topological polar surface area (TPSA) is 71.5 Å². The van der Waals surface area contributed by atoms with Crippen molar-refractivity contribution >= 4 is 45.0 Å². The summed E-state index contributed by atoms with van der Waals surface area (Å²) < 4.78 is 7.52. The van der Waals surface area contributed by atoms with E-state index in [1.165, 1.54) is 4.90 Å². The molecule has 3 aromatic rings. The number of fused-ring (bicyclic) bond motifs is 1. The summed E-state index contributed by atoms with van der Waals surface area (Å²) in [4.78, 5) is 31.4. The molecule has 4 heterocycles. The van der Waals surface area contributed by atoms with E-state index in [-0.39, 0.29) is 17.9 Å². The van der Waals surface area contributed by atoms with Gasteiger partial charge in [-0.25, -0.2) is 0 Å². The second-order valence-electron chi connectivity index (χ2n) is 8.68. The molecule has 2 fully saturated rings. The number of hydrogen-bond donors (Lipinski definition) is 1. The number of nitrogens with zero attached hydrogens (tertiary/aromatic N) is 2. The summed E-state index contributed by atoms with van der Waals surface area (Å²) in [6.07, 6.45) is 5.38. The number of thiophene rings is 1. The number of benzene rings is 1. The number of aryl methyl sites for hydroxylation is 1. The SMILES string of the molecule is Cc1cc(Cl)cc(-c2ccnc3cc(CN4C(=O)CCCC4=O)sc23)c1OC1CCNCC1. The Morgan fingerprint density at radius 3 is 2.67 bits per heavy atom. The molecule has 33 heavy (non-hydrogen) atoms. The number of nitrogens with one attached hydrogen (secondary N) is 1. The minimum Gasteiger partial charge on any atom is -0.489 e. The predicted molar refractivity (Wildman–Crippen MR) is 131 cm³/mol. The van der Waals surface area contributed by atoms with E-state index in [1.807, 2.05) is 31.2 Å². The maximum absolute atomic E-state index is 12.3. The number of halogens is 1. The lowest BCUT2D eigenvalue weighted by atomic mass is 10.0. The van der Waals surface area contributed by atoms with E-state index in [9.17, 15) is 9.59 Å². The fourth-order valence-electron chi connectivity index (χ4n) is 4.58. The molecule has 0 aliphatic carbocycles. The largest absolute Gasteiger partial charge is 0.489 e. The van der Waals surface area contributed by atoms with Gasteiger partial charge in [-0.2, -0.15) is 0 Å². The van der Waals surface area contributed by atoms with Gasteiger partial charge in [-0.3, -0.25) is 19.5 Å². The molecule has 2 aliphatic rings. The molecule has 2 amide bonds. The molecule has 2 aromatic heterocycles. The Morgan fingerprint density at radius 1 is 1.15 bits per heavy atom. The predicted octanol–water partition coefficient (Wildman–Crippen LogP) is 5.10. The molecular weight excluding hydrogens is 458 g/mol. The van der Waals surface area contributed by atoms with Gasteiger partial charge in [0.1, 0.15) is 11.9 Å². The third-order valence-corrected chi connectivity index (χ3v) is 7.62. The van der Waals surface area contributed by atoms with Crippen molar-refractivity contribution in [3.8, 4) is 16.9 Å². The number of imide groups is 1. The highest BCUT2D eigenvalue weighted by Gasteiger charge is 2.27. The molecule has 0 radical (unpaired) electrons. The minimum atomic E-state index is -0.0972. The zero-order chi connectivity index (χ0) is 22.9. The minimum absolute atomic E-state index is 0.0972. The number of piperidine rings is 2. The van der Waals surface area contributed by atoms with Crippen LogP contribution in [0.4, 0.5) is 0 Å². The number of carbonyl (C=O) groups excluding carboxylic acids is 2. The summed E-state index contributed by atoms with van der Waals surface area (Å²) in [5.74, 6) is 0.662. The first kappa shape index (κ1) is 22.3. The molecule has 2 aliphatic heterocycles. The Morgan fingerprint density at radius 2 is 1.91 bits per heavy atom. The normalized spacial score (nSPS) is 17.7. The van der Waals surface area contributed by atoms with Crippen molar-refractivity contribution in [1.29, 1.82) is 0 Å². The van der Waals surface area contributed by atoms with Gasteiger partial charge in [-0.1, -0.05) is 11.6 Å². The summed E-state index contributed by atoms with van der Waals surface area (Å²) in [6.45, 7) is 4.23. The molecule has 5 rings (SSSR count). The Labute approximate surface area is 201 Å². The van der Waals surface area contributed by atoms with Crippen molar-refractivity contribution in [3.05, 3.63) is 45.9 Å². The quantitative estimate of drug-likeness (QED) is 0.511. The van der Waals surface area contributed by atoms with E-state index >= 15 is 0 Å². The molecule has 6 nitrogen and oxygen atoms in total. The molecule has 172 valence electrons. The van der Waals surface area contributed by atoms with Crippen LogP contribution in [-0.4, -0.2) is 40.9 Å². The van der Waals surface area contributed by atoms with E-state index < -0.39 is 0 Å². The second-order valence-corrected chi connectivity index (χ2v) is 10.3. The van der Waals surface area contributed by atoms with Gasteiger partial charge in [-0.05, 0) is 69.1 Å². The lowest BCUT2D eigenvalue weighted by Crippen LogP contribution is -2.39. The summed E-state index contributed by atoms with van der Waals surface area (Å²) in [7, 11) is 0. The summed E-state index contributed by atoms with van der Waals surface area (Å²) in [6, 6.07) is 7.85. The lowest BCUT2D eigenvalue weighted by molar-refractivity contribution is -0.148. The molecule has 1 N–H and O–H groups in total. The Bertz CT molecular complexity index is 1200. The summed E-state index contributed by atoms with van der Waals surface area (Å²) >= 11 is 8.04. The Hall–Kier alpha value is -2.48. The van der Waals surface area contributed by atoms with Gasteiger partial charge in [0.05, 0.1) is 16.8 Å². The van der Waals surface area contributed by atoms with E-state index in [1.54, 1.807) is 17.5 Å². The number of amides is 2. The number of rotatable bonds is 5. The lowest BCUT2D eigenvalue weighted by Gasteiger charge is -2.26. The van der Waals surface area contributed by atoms with Gasteiger partial charge in [0.2, 0.25) is 11.8 Å². The molecule has 2 saturated heterocycles. The molecule has 0 spiro atoms. The van der Waals surface area contributed by atoms with Crippen molar-refractivity contribution in [2.45, 2.75) is 51.7 Å². The van der Waals surface area contributed by atoms with Gasteiger partial charge in [0, 0.05) is 40.1 Å².